The number of nitrogens with one attached hydrogen (secondary N) is 2. The zero-order valence-corrected chi connectivity index (χ0v) is 12.3. The fourth-order valence-corrected chi connectivity index (χ4v) is 1.65. The average molecular weight is 335 g/mol. The summed E-state index contributed by atoms with van der Waals surface area (Å²) in [4.78, 5) is 14.2. The van der Waals surface area contributed by atoms with E-state index in [0.717, 1.165) is 15.7 Å². The lowest BCUT2D eigenvalue weighted by molar-refractivity contribution is -0.116. The number of benzene rings is 1. The Kier molecular flexibility index (Phi) is 6.99. The molecule has 104 valence electrons. The lowest BCUT2D eigenvalue weighted by Gasteiger charge is -2.02. The van der Waals surface area contributed by atoms with Crippen LogP contribution in [0.15, 0.2) is 53.3 Å². The van der Waals surface area contributed by atoms with Crippen molar-refractivity contribution in [1.29, 1.82) is 5.41 Å². The monoisotopic (exact) mass is 334 g/mol. The molecular weight excluding hydrogens is 320 g/mol. The van der Waals surface area contributed by atoms with Gasteiger partial charge >= 0.3 is 0 Å². The van der Waals surface area contributed by atoms with E-state index in [4.69, 9.17) is 11.1 Å². The molecule has 1 aromatic heterocycles. The van der Waals surface area contributed by atoms with Crippen molar-refractivity contribution < 1.29 is 4.79 Å². The van der Waals surface area contributed by atoms with Crippen LogP contribution in [-0.2, 0) is 4.79 Å². The molecule has 0 saturated heterocycles. The third kappa shape index (κ3) is 6.65. The minimum atomic E-state index is -0.366. The lowest BCUT2D eigenvalue weighted by Crippen LogP contribution is -2.21. The quantitative estimate of drug-likeness (QED) is 0.749. The summed E-state index contributed by atoms with van der Waals surface area (Å²) in [7, 11) is 0. The number of aromatic nitrogens is 1. The second-order valence-electron chi connectivity index (χ2n) is 3.76. The van der Waals surface area contributed by atoms with E-state index < -0.39 is 0 Å². The smallest absolute Gasteiger partial charge is 0.236 e. The molecule has 2 rings (SSSR count). The van der Waals surface area contributed by atoms with Crippen LogP contribution in [0.5, 0.6) is 0 Å². The van der Waals surface area contributed by atoms with Crippen molar-refractivity contribution in [3.63, 3.8) is 0 Å². The van der Waals surface area contributed by atoms with Crippen molar-refractivity contribution in [2.45, 2.75) is 0 Å². The Balaban J connectivity index is 0.000000217. The van der Waals surface area contributed by atoms with Crippen LogP contribution >= 0.6 is 15.9 Å². The number of pyridine rings is 1. The van der Waals surface area contributed by atoms with Gasteiger partial charge in [0.1, 0.15) is 0 Å². The second kappa shape index (κ2) is 8.82. The molecule has 0 aliphatic heterocycles. The molecular formula is C14H15BrN4O. The van der Waals surface area contributed by atoms with Gasteiger partial charge in [0.2, 0.25) is 5.91 Å². The second-order valence-corrected chi connectivity index (χ2v) is 4.67. The van der Waals surface area contributed by atoms with Crippen LogP contribution in [0.3, 0.4) is 0 Å². The number of carbonyl (C=O) groups is 1. The fourth-order valence-electron chi connectivity index (χ4n) is 1.25. The Labute approximate surface area is 125 Å². The summed E-state index contributed by atoms with van der Waals surface area (Å²) >= 11 is 3.31. The third-order valence-corrected chi connectivity index (χ3v) is 2.66. The Bertz CT molecular complexity index is 560. The zero-order chi connectivity index (χ0) is 14.8. The van der Waals surface area contributed by atoms with Crippen LogP contribution in [-0.4, -0.2) is 23.7 Å². The minimum Gasteiger partial charge on any atom is -0.376 e. The van der Waals surface area contributed by atoms with Gasteiger partial charge < -0.3 is 16.5 Å². The molecule has 1 aromatic carbocycles. The van der Waals surface area contributed by atoms with Gasteiger partial charge in [-0.15, -0.1) is 0 Å². The van der Waals surface area contributed by atoms with Crippen LogP contribution < -0.4 is 11.1 Å². The highest BCUT2D eigenvalue weighted by molar-refractivity contribution is 9.10. The molecule has 2 aromatic rings. The topological polar surface area (TPSA) is 91.9 Å². The number of amides is 1. The summed E-state index contributed by atoms with van der Waals surface area (Å²) in [5, 5.41) is 9.67. The van der Waals surface area contributed by atoms with Crippen LogP contribution in [0.2, 0.25) is 0 Å². The summed E-state index contributed by atoms with van der Waals surface area (Å²) < 4.78 is 0.969. The molecule has 5 nitrogen and oxygen atoms in total. The predicted octanol–water partition coefficient (Wildman–Crippen LogP) is 2.43. The number of anilines is 1. The molecule has 0 aliphatic rings. The van der Waals surface area contributed by atoms with Crippen molar-refractivity contribution in [1.82, 2.24) is 4.98 Å². The molecule has 0 spiro atoms. The van der Waals surface area contributed by atoms with Crippen molar-refractivity contribution in [2.24, 2.45) is 5.73 Å². The van der Waals surface area contributed by atoms with Crippen molar-refractivity contribution in [3.8, 4) is 0 Å². The molecule has 6 heteroatoms. The van der Waals surface area contributed by atoms with Crippen LogP contribution in [0, 0.1) is 5.41 Å². The van der Waals surface area contributed by atoms with E-state index >= 15 is 0 Å². The molecule has 4 N–H and O–H groups in total. The normalized spacial score (nSPS) is 9.05. The SMILES string of the molecule is N=Cc1ccncc1.NC(=O)CNc1cccc(Br)c1. The van der Waals surface area contributed by atoms with Gasteiger partial charge in [-0.25, -0.2) is 0 Å². The molecule has 0 aliphatic carbocycles. The number of halogens is 1. The molecule has 0 saturated carbocycles. The summed E-state index contributed by atoms with van der Waals surface area (Å²) in [6.07, 6.45) is 4.63. The number of nitrogens with two attached hydrogens (primary N) is 1. The number of hydrogen-bond acceptors (Lipinski definition) is 4. The highest BCUT2D eigenvalue weighted by Crippen LogP contribution is 2.14. The highest BCUT2D eigenvalue weighted by atomic mass is 79.9. The molecule has 1 heterocycles. The minimum absolute atomic E-state index is 0.163. The first-order chi connectivity index (χ1) is 9.61. The highest BCUT2D eigenvalue weighted by Gasteiger charge is 1.94. The molecule has 20 heavy (non-hydrogen) atoms. The van der Waals surface area contributed by atoms with E-state index in [-0.39, 0.29) is 12.5 Å². The summed E-state index contributed by atoms with van der Waals surface area (Å²) in [5.74, 6) is -0.366. The summed E-state index contributed by atoms with van der Waals surface area (Å²) in [5.41, 5.74) is 6.73. The van der Waals surface area contributed by atoms with Gasteiger partial charge in [0.05, 0.1) is 6.54 Å². The first-order valence-electron chi connectivity index (χ1n) is 5.80. The van der Waals surface area contributed by atoms with Crippen LogP contribution in [0.1, 0.15) is 5.56 Å². The molecule has 0 fully saturated rings. The Morgan fingerprint density at radius 1 is 1.35 bits per heavy atom. The predicted molar refractivity (Wildman–Crippen MR) is 83.9 cm³/mol. The van der Waals surface area contributed by atoms with E-state index in [1.807, 2.05) is 24.3 Å². The average Bonchev–Trinajstić information content (AvgIpc) is 2.47. The van der Waals surface area contributed by atoms with Crippen molar-refractivity contribution in [2.75, 3.05) is 11.9 Å². The van der Waals surface area contributed by atoms with E-state index in [1.165, 1.54) is 6.21 Å². The molecule has 0 unspecified atom stereocenters. The lowest BCUT2D eigenvalue weighted by atomic mass is 10.3. The van der Waals surface area contributed by atoms with Gasteiger partial charge in [-0.2, -0.15) is 0 Å². The van der Waals surface area contributed by atoms with Crippen LogP contribution in [0.25, 0.3) is 0 Å². The van der Waals surface area contributed by atoms with E-state index in [9.17, 15) is 4.79 Å². The third-order valence-electron chi connectivity index (χ3n) is 2.16. The fraction of sp³-hybridized carbons (Fsp3) is 0.0714. The first kappa shape index (κ1) is 15.8. The van der Waals surface area contributed by atoms with Gasteiger partial charge in [0.15, 0.2) is 0 Å². The number of primary amides is 1. The van der Waals surface area contributed by atoms with Crippen molar-refractivity contribution in [3.05, 3.63) is 58.8 Å². The Hall–Kier alpha value is -2.21. The largest absolute Gasteiger partial charge is 0.376 e. The van der Waals surface area contributed by atoms with E-state index in [1.54, 1.807) is 24.5 Å². The van der Waals surface area contributed by atoms with Gasteiger partial charge in [-0.1, -0.05) is 22.0 Å². The maximum atomic E-state index is 10.4. The summed E-state index contributed by atoms with van der Waals surface area (Å²) in [6.45, 7) is 0.163. The molecule has 0 bridgehead atoms. The maximum Gasteiger partial charge on any atom is 0.236 e. The van der Waals surface area contributed by atoms with E-state index in [2.05, 4.69) is 26.2 Å². The number of rotatable bonds is 4. The molecule has 1 amide bonds. The molecule has 0 atom stereocenters. The number of nitrogens with zero attached hydrogens (tertiary/aromatic N) is 1. The summed E-state index contributed by atoms with van der Waals surface area (Å²) in [6, 6.07) is 11.1. The first-order valence-corrected chi connectivity index (χ1v) is 6.59. The zero-order valence-electron chi connectivity index (χ0n) is 10.7. The number of carbonyl (C=O) groups excluding carboxylic acids is 1. The van der Waals surface area contributed by atoms with Crippen molar-refractivity contribution >= 4 is 33.7 Å². The standard InChI is InChI=1S/C8H9BrN2O.C6H6N2/c9-6-2-1-3-7(4-6)11-5-8(10)12;7-5-6-1-3-8-4-2-6/h1-4,11H,5H2,(H2,10,12);1-5,7H. The maximum absolute atomic E-state index is 10.4. The van der Waals surface area contributed by atoms with Gasteiger partial charge in [-0.3, -0.25) is 9.78 Å². The van der Waals surface area contributed by atoms with Gasteiger partial charge in [-0.05, 0) is 35.9 Å². The Morgan fingerprint density at radius 3 is 2.55 bits per heavy atom. The van der Waals surface area contributed by atoms with E-state index in [0.29, 0.717) is 0 Å². The van der Waals surface area contributed by atoms with Crippen LogP contribution in [0.4, 0.5) is 5.69 Å². The van der Waals surface area contributed by atoms with Gasteiger partial charge in [0, 0.05) is 28.8 Å². The Morgan fingerprint density at radius 2 is 2.05 bits per heavy atom. The van der Waals surface area contributed by atoms with Gasteiger partial charge in [0.25, 0.3) is 0 Å². The molecule has 0 radical (unpaired) electrons. The number of hydrogen-bond donors (Lipinski definition) is 3.